The van der Waals surface area contributed by atoms with Gasteiger partial charge in [-0.15, -0.1) is 11.3 Å². The number of rotatable bonds is 11. The number of para-hydroxylation sites is 1. The summed E-state index contributed by atoms with van der Waals surface area (Å²) in [7, 11) is 0. The Labute approximate surface area is 262 Å². The molecular weight excluding hydrogens is 589 g/mol. The van der Waals surface area contributed by atoms with Crippen molar-refractivity contribution in [2.45, 2.75) is 85.0 Å². The smallest absolute Gasteiger partial charge is 0.413 e. The van der Waals surface area contributed by atoms with Gasteiger partial charge < -0.3 is 25.0 Å². The Balaban J connectivity index is 0.000000514. The standard InChI is InChI=1S/C21H30FN5O5S.C10H14O/c1-11-6-15(27(12(11)2)16(29)9-24-10-28)19(30)25-8-13-7-14(17(22)33-13)18(23)26-20(31)32-21(3,4)5;1-2-3-9-11-10-7-5-4-6-8-10/h7,10-12,15H,6,8-9H2,1-5H3,(H,24,28)(H,25,30)(H2,23,26,31);4-8H,2-3,9H2,1H3/t11-,12?,15?;/m0./s1. The number of ether oxygens (including phenoxy) is 2. The molecule has 1 saturated heterocycles. The van der Waals surface area contributed by atoms with Crippen LogP contribution in [0.1, 0.15) is 71.2 Å². The molecule has 3 rings (SSSR count). The predicted molar refractivity (Wildman–Crippen MR) is 167 cm³/mol. The topological polar surface area (TPSA) is 150 Å². The summed E-state index contributed by atoms with van der Waals surface area (Å²) >= 11 is 0.743. The number of carbonyl (C=O) groups excluding carboxylic acids is 4. The minimum Gasteiger partial charge on any atom is -0.494 e. The number of amides is 4. The lowest BCUT2D eigenvalue weighted by Gasteiger charge is -2.28. The van der Waals surface area contributed by atoms with Crippen LogP contribution in [0.25, 0.3) is 0 Å². The maximum atomic E-state index is 14.3. The van der Waals surface area contributed by atoms with Gasteiger partial charge in [-0.25, -0.2) is 4.79 Å². The summed E-state index contributed by atoms with van der Waals surface area (Å²) in [5.74, 6) is -0.131. The zero-order valence-electron chi connectivity index (χ0n) is 26.2. The van der Waals surface area contributed by atoms with Crippen molar-refractivity contribution in [2.24, 2.45) is 5.92 Å². The van der Waals surface area contributed by atoms with Crippen molar-refractivity contribution in [2.75, 3.05) is 13.2 Å². The van der Waals surface area contributed by atoms with Crippen LogP contribution in [0.15, 0.2) is 36.4 Å². The molecule has 1 aromatic carbocycles. The van der Waals surface area contributed by atoms with E-state index >= 15 is 0 Å². The number of carbonyl (C=O) groups is 4. The Bertz CT molecular complexity index is 1270. The molecule has 1 aliphatic rings. The second-order valence-electron chi connectivity index (χ2n) is 11.4. The maximum absolute atomic E-state index is 14.3. The van der Waals surface area contributed by atoms with Gasteiger partial charge in [0.05, 0.1) is 25.3 Å². The van der Waals surface area contributed by atoms with Crippen LogP contribution < -0.4 is 20.7 Å². The van der Waals surface area contributed by atoms with Gasteiger partial charge in [0.25, 0.3) is 0 Å². The molecule has 1 fully saturated rings. The highest BCUT2D eigenvalue weighted by atomic mass is 32.1. The summed E-state index contributed by atoms with van der Waals surface area (Å²) in [6.45, 7) is 11.6. The quantitative estimate of drug-likeness (QED) is 0.123. The molecule has 0 spiro atoms. The van der Waals surface area contributed by atoms with Gasteiger partial charge in [-0.3, -0.25) is 25.1 Å². The third-order valence-electron chi connectivity index (χ3n) is 6.70. The van der Waals surface area contributed by atoms with Crippen LogP contribution in [0.3, 0.4) is 0 Å². The van der Waals surface area contributed by atoms with E-state index in [4.69, 9.17) is 14.9 Å². The second-order valence-corrected chi connectivity index (χ2v) is 12.5. The molecule has 4 amide bonds. The van der Waals surface area contributed by atoms with E-state index in [1.165, 1.54) is 17.4 Å². The maximum Gasteiger partial charge on any atom is 0.413 e. The first-order chi connectivity index (χ1) is 20.8. The van der Waals surface area contributed by atoms with Gasteiger partial charge in [-0.05, 0) is 64.7 Å². The van der Waals surface area contributed by atoms with Crippen LogP contribution in [0.4, 0.5) is 9.18 Å². The van der Waals surface area contributed by atoms with Gasteiger partial charge in [-0.2, -0.15) is 4.39 Å². The van der Waals surface area contributed by atoms with Gasteiger partial charge in [0, 0.05) is 10.9 Å². The third kappa shape index (κ3) is 11.6. The number of unbranched alkanes of at least 4 members (excludes halogenated alkanes) is 1. The Hall–Kier alpha value is -4.00. The molecule has 4 N–H and O–H groups in total. The van der Waals surface area contributed by atoms with Crippen molar-refractivity contribution in [3.63, 3.8) is 0 Å². The average Bonchev–Trinajstić information content (AvgIpc) is 3.48. The molecule has 2 unspecified atom stereocenters. The van der Waals surface area contributed by atoms with Crippen molar-refractivity contribution < 1.29 is 33.0 Å². The lowest BCUT2D eigenvalue weighted by atomic mass is 10.0. The number of likely N-dealkylation sites (tertiary alicyclic amines) is 1. The zero-order chi connectivity index (χ0) is 32.9. The van der Waals surface area contributed by atoms with E-state index in [1.54, 1.807) is 20.8 Å². The summed E-state index contributed by atoms with van der Waals surface area (Å²) < 4.78 is 24.9. The fourth-order valence-corrected chi connectivity index (χ4v) is 5.19. The number of hydrogen-bond acceptors (Lipinski definition) is 8. The minimum absolute atomic E-state index is 0.00593. The van der Waals surface area contributed by atoms with Crippen molar-refractivity contribution in [1.29, 1.82) is 5.41 Å². The second kappa shape index (κ2) is 17.3. The molecule has 242 valence electrons. The van der Waals surface area contributed by atoms with Crippen molar-refractivity contribution in [1.82, 2.24) is 20.9 Å². The number of halogens is 1. The van der Waals surface area contributed by atoms with E-state index in [1.807, 2.05) is 44.2 Å². The van der Waals surface area contributed by atoms with Gasteiger partial charge >= 0.3 is 6.09 Å². The van der Waals surface area contributed by atoms with Crippen molar-refractivity contribution >= 4 is 41.5 Å². The highest BCUT2D eigenvalue weighted by Gasteiger charge is 2.42. The fourth-order valence-electron chi connectivity index (χ4n) is 4.37. The van der Waals surface area contributed by atoms with Gasteiger partial charge in [0.2, 0.25) is 18.2 Å². The Morgan fingerprint density at radius 2 is 1.86 bits per heavy atom. The normalized spacial score (nSPS) is 17.5. The number of nitrogens with zero attached hydrogens (tertiary/aromatic N) is 1. The van der Waals surface area contributed by atoms with E-state index in [0.717, 1.165) is 30.1 Å². The molecule has 3 atom stereocenters. The Morgan fingerprint density at radius 1 is 1.18 bits per heavy atom. The van der Waals surface area contributed by atoms with Crippen LogP contribution in [-0.4, -0.2) is 65.9 Å². The van der Waals surface area contributed by atoms with Crippen LogP contribution in [0.2, 0.25) is 0 Å². The lowest BCUT2D eigenvalue weighted by molar-refractivity contribution is -0.139. The SMILES string of the molecule is CC1[C@@H](C)CC(C(=O)NCc2cc(C(=N)NC(=O)OC(C)(C)C)c(F)s2)N1C(=O)CNC=O.CCCCOc1ccccc1. The molecule has 2 aromatic rings. The zero-order valence-corrected chi connectivity index (χ0v) is 27.0. The largest absolute Gasteiger partial charge is 0.494 e. The average molecular weight is 634 g/mol. The van der Waals surface area contributed by atoms with E-state index < -0.39 is 28.7 Å². The lowest BCUT2D eigenvalue weighted by Crippen LogP contribution is -2.50. The van der Waals surface area contributed by atoms with Crippen LogP contribution in [0, 0.1) is 16.5 Å². The van der Waals surface area contributed by atoms with Crippen LogP contribution in [-0.2, 0) is 25.7 Å². The van der Waals surface area contributed by atoms with Crippen LogP contribution in [0.5, 0.6) is 5.75 Å². The molecule has 44 heavy (non-hydrogen) atoms. The summed E-state index contributed by atoms with van der Waals surface area (Å²) in [5.41, 5.74) is -0.879. The molecule has 0 saturated carbocycles. The highest BCUT2D eigenvalue weighted by Crippen LogP contribution is 2.30. The number of nitrogens with one attached hydrogen (secondary N) is 4. The summed E-state index contributed by atoms with van der Waals surface area (Å²) in [5, 5.41) is 14.5. The Morgan fingerprint density at radius 3 is 2.48 bits per heavy atom. The molecule has 1 aliphatic heterocycles. The molecular formula is C31H44FN5O6S. The van der Waals surface area contributed by atoms with Gasteiger partial charge in [0.15, 0.2) is 5.13 Å². The molecule has 13 heteroatoms. The first-order valence-corrected chi connectivity index (χ1v) is 15.4. The van der Waals surface area contributed by atoms with Gasteiger partial charge in [-0.1, -0.05) is 38.5 Å². The molecule has 2 heterocycles. The number of thiophene rings is 1. The van der Waals surface area contributed by atoms with Crippen molar-refractivity contribution in [3.05, 3.63) is 52.0 Å². The predicted octanol–water partition coefficient (Wildman–Crippen LogP) is 4.59. The summed E-state index contributed by atoms with van der Waals surface area (Å²) in [4.78, 5) is 49.5. The van der Waals surface area contributed by atoms with Crippen LogP contribution >= 0.6 is 11.3 Å². The Kier molecular flexibility index (Phi) is 14.3. The minimum atomic E-state index is -0.869. The first-order valence-electron chi connectivity index (χ1n) is 14.6. The highest BCUT2D eigenvalue weighted by molar-refractivity contribution is 7.10. The number of benzene rings is 1. The van der Waals surface area contributed by atoms with Gasteiger partial charge in [0.1, 0.15) is 23.2 Å². The molecule has 0 aliphatic carbocycles. The summed E-state index contributed by atoms with van der Waals surface area (Å²) in [6, 6.07) is 10.4. The summed E-state index contributed by atoms with van der Waals surface area (Å²) in [6.07, 6.45) is 2.34. The molecule has 11 nitrogen and oxygen atoms in total. The first kappa shape index (κ1) is 36.2. The molecule has 0 bridgehead atoms. The third-order valence-corrected chi connectivity index (χ3v) is 7.62. The molecule has 1 aromatic heterocycles. The number of alkyl carbamates (subject to hydrolysis) is 1. The monoisotopic (exact) mass is 633 g/mol. The fraction of sp³-hybridized carbons (Fsp3) is 0.516. The van der Waals surface area contributed by atoms with E-state index in [-0.39, 0.29) is 42.4 Å². The van der Waals surface area contributed by atoms with Crippen molar-refractivity contribution in [3.8, 4) is 5.75 Å². The van der Waals surface area contributed by atoms with E-state index in [9.17, 15) is 23.6 Å². The van der Waals surface area contributed by atoms with E-state index in [0.29, 0.717) is 17.7 Å². The number of hydrogen-bond donors (Lipinski definition) is 4. The number of amidine groups is 1. The molecule has 0 radical (unpaired) electrons. The van der Waals surface area contributed by atoms with E-state index in [2.05, 4.69) is 22.9 Å².